The Kier molecular flexibility index (Phi) is 3.72. The highest BCUT2D eigenvalue weighted by molar-refractivity contribution is 4.65. The third-order valence-corrected chi connectivity index (χ3v) is 1.51. The molecule has 1 N–H and O–H groups in total. The molecule has 1 fully saturated rings. The molecule has 0 aromatic rings. The van der Waals surface area contributed by atoms with Gasteiger partial charge in [0.1, 0.15) is 0 Å². The fourth-order valence-corrected chi connectivity index (χ4v) is 0.976. The van der Waals surface area contributed by atoms with E-state index in [0.29, 0.717) is 0 Å². The molecule has 1 saturated heterocycles. The normalized spacial score (nSPS) is 26.7. The molecule has 0 radical (unpaired) electrons. The quantitative estimate of drug-likeness (QED) is 0.607. The van der Waals surface area contributed by atoms with Crippen LogP contribution in [0.5, 0.6) is 0 Å². The van der Waals surface area contributed by atoms with Gasteiger partial charge in [-0.15, -0.1) is 0 Å². The molecule has 3 heteroatoms. The van der Waals surface area contributed by atoms with Crippen molar-refractivity contribution in [2.75, 3.05) is 32.9 Å². The molecule has 1 heterocycles. The zero-order valence-corrected chi connectivity index (χ0v) is 6.43. The predicted octanol–water partition coefficient (Wildman–Crippen LogP) is 0.0113. The van der Waals surface area contributed by atoms with E-state index in [1.807, 2.05) is 6.92 Å². The zero-order valence-electron chi connectivity index (χ0n) is 6.43. The van der Waals surface area contributed by atoms with Gasteiger partial charge in [-0.25, -0.2) is 0 Å². The Morgan fingerprint density at radius 2 is 2.60 bits per heavy atom. The number of ether oxygens (including phenoxy) is 2. The number of nitrogens with one attached hydrogen (secondary N) is 1. The van der Waals surface area contributed by atoms with Crippen molar-refractivity contribution >= 4 is 0 Å². The van der Waals surface area contributed by atoms with Crippen LogP contribution in [0.4, 0.5) is 0 Å². The van der Waals surface area contributed by atoms with E-state index in [-0.39, 0.29) is 6.10 Å². The van der Waals surface area contributed by atoms with E-state index in [1.54, 1.807) is 0 Å². The van der Waals surface area contributed by atoms with Gasteiger partial charge in [0, 0.05) is 19.7 Å². The molecule has 0 aromatic carbocycles. The number of hydrogen-bond donors (Lipinski definition) is 1. The van der Waals surface area contributed by atoms with Crippen molar-refractivity contribution in [3.63, 3.8) is 0 Å². The molecule has 1 atom stereocenters. The van der Waals surface area contributed by atoms with Gasteiger partial charge in [-0.05, 0) is 6.92 Å². The minimum absolute atomic E-state index is 0.272. The summed E-state index contributed by atoms with van der Waals surface area (Å²) < 4.78 is 10.6. The minimum Gasteiger partial charge on any atom is -0.379 e. The second-order valence-corrected chi connectivity index (χ2v) is 2.36. The van der Waals surface area contributed by atoms with Gasteiger partial charge >= 0.3 is 0 Å². The van der Waals surface area contributed by atoms with Crippen molar-refractivity contribution in [2.45, 2.75) is 13.0 Å². The van der Waals surface area contributed by atoms with E-state index in [2.05, 4.69) is 5.32 Å². The molecular formula is C7H15NO2. The molecule has 0 saturated carbocycles. The summed E-state index contributed by atoms with van der Waals surface area (Å²) in [6, 6.07) is 0. The second-order valence-electron chi connectivity index (χ2n) is 2.36. The lowest BCUT2D eigenvalue weighted by molar-refractivity contribution is -0.0287. The van der Waals surface area contributed by atoms with Gasteiger partial charge < -0.3 is 14.8 Å². The first-order chi connectivity index (χ1) is 4.93. The maximum Gasteiger partial charge on any atom is 0.0933 e. The molecule has 0 bridgehead atoms. The molecule has 0 unspecified atom stereocenters. The van der Waals surface area contributed by atoms with Gasteiger partial charge in [0.25, 0.3) is 0 Å². The van der Waals surface area contributed by atoms with E-state index in [0.717, 1.165) is 32.9 Å². The average Bonchev–Trinajstić information content (AvgIpc) is 2.03. The number of hydrogen-bond acceptors (Lipinski definition) is 3. The van der Waals surface area contributed by atoms with Crippen LogP contribution in [0.15, 0.2) is 0 Å². The maximum absolute atomic E-state index is 5.39. The summed E-state index contributed by atoms with van der Waals surface area (Å²) in [5, 5.41) is 3.24. The first-order valence-corrected chi connectivity index (χ1v) is 3.83. The largest absolute Gasteiger partial charge is 0.379 e. The third kappa shape index (κ3) is 2.64. The van der Waals surface area contributed by atoms with Crippen LogP contribution < -0.4 is 5.32 Å². The molecule has 1 aliphatic heterocycles. The lowest BCUT2D eigenvalue weighted by Gasteiger charge is -2.22. The van der Waals surface area contributed by atoms with Crippen LogP contribution in [-0.2, 0) is 9.47 Å². The Labute approximate surface area is 61.7 Å². The molecule has 1 rings (SSSR count). The first-order valence-electron chi connectivity index (χ1n) is 3.83. The van der Waals surface area contributed by atoms with Gasteiger partial charge in [0.2, 0.25) is 0 Å². The van der Waals surface area contributed by atoms with Gasteiger partial charge in [-0.2, -0.15) is 0 Å². The predicted molar refractivity (Wildman–Crippen MR) is 39.1 cm³/mol. The monoisotopic (exact) mass is 145 g/mol. The van der Waals surface area contributed by atoms with E-state index in [9.17, 15) is 0 Å². The summed E-state index contributed by atoms with van der Waals surface area (Å²) in [5.74, 6) is 0. The highest BCUT2D eigenvalue weighted by atomic mass is 16.5. The zero-order chi connectivity index (χ0) is 7.23. The Hall–Kier alpha value is -0.120. The summed E-state index contributed by atoms with van der Waals surface area (Å²) >= 11 is 0. The van der Waals surface area contributed by atoms with Crippen molar-refractivity contribution in [1.82, 2.24) is 5.32 Å². The summed E-state index contributed by atoms with van der Waals surface area (Å²) in [4.78, 5) is 0. The van der Waals surface area contributed by atoms with Crippen molar-refractivity contribution in [3.8, 4) is 0 Å². The smallest absolute Gasteiger partial charge is 0.0933 e. The van der Waals surface area contributed by atoms with Crippen molar-refractivity contribution in [3.05, 3.63) is 0 Å². The van der Waals surface area contributed by atoms with Gasteiger partial charge in [-0.3, -0.25) is 0 Å². The molecule has 0 spiro atoms. The third-order valence-electron chi connectivity index (χ3n) is 1.51. The van der Waals surface area contributed by atoms with Crippen LogP contribution in [0.25, 0.3) is 0 Å². The highest BCUT2D eigenvalue weighted by Gasteiger charge is 2.11. The van der Waals surface area contributed by atoms with E-state index in [1.165, 1.54) is 0 Å². The summed E-state index contributed by atoms with van der Waals surface area (Å²) in [6.07, 6.45) is 0.272. The Bertz CT molecular complexity index is 81.7. The standard InChI is InChI=1S/C7H15NO2/c1-2-9-6-7-5-8-3-4-10-7/h7-8H,2-6H2,1H3/t7-/m0/s1. The van der Waals surface area contributed by atoms with E-state index < -0.39 is 0 Å². The number of rotatable bonds is 3. The number of morpholine rings is 1. The SMILES string of the molecule is CCOC[C@@H]1CNCCO1. The Balaban J connectivity index is 2.02. The average molecular weight is 145 g/mol. The highest BCUT2D eigenvalue weighted by Crippen LogP contribution is 1.95. The van der Waals surface area contributed by atoms with Crippen molar-refractivity contribution in [2.24, 2.45) is 0 Å². The summed E-state index contributed by atoms with van der Waals surface area (Å²) in [7, 11) is 0. The van der Waals surface area contributed by atoms with Gasteiger partial charge in [0.15, 0.2) is 0 Å². The Morgan fingerprint density at radius 3 is 3.20 bits per heavy atom. The lowest BCUT2D eigenvalue weighted by Crippen LogP contribution is -2.40. The van der Waals surface area contributed by atoms with Crippen molar-refractivity contribution in [1.29, 1.82) is 0 Å². The first kappa shape index (κ1) is 7.98. The summed E-state index contributed by atoms with van der Waals surface area (Å²) in [5.41, 5.74) is 0. The van der Waals surface area contributed by atoms with Gasteiger partial charge in [0.05, 0.1) is 19.3 Å². The minimum atomic E-state index is 0.272. The molecule has 3 nitrogen and oxygen atoms in total. The summed E-state index contributed by atoms with van der Waals surface area (Å²) in [6.45, 7) is 6.22. The molecular weight excluding hydrogens is 130 g/mol. The van der Waals surface area contributed by atoms with Crippen LogP contribution in [0.2, 0.25) is 0 Å². The van der Waals surface area contributed by atoms with Crippen LogP contribution in [0.1, 0.15) is 6.92 Å². The van der Waals surface area contributed by atoms with E-state index >= 15 is 0 Å². The molecule has 10 heavy (non-hydrogen) atoms. The Morgan fingerprint density at radius 1 is 1.70 bits per heavy atom. The fraction of sp³-hybridized carbons (Fsp3) is 1.00. The van der Waals surface area contributed by atoms with Crippen LogP contribution in [-0.4, -0.2) is 39.0 Å². The van der Waals surface area contributed by atoms with Crippen LogP contribution >= 0.6 is 0 Å². The van der Waals surface area contributed by atoms with Crippen molar-refractivity contribution < 1.29 is 9.47 Å². The molecule has 60 valence electrons. The molecule has 0 aromatic heterocycles. The van der Waals surface area contributed by atoms with Crippen LogP contribution in [0.3, 0.4) is 0 Å². The van der Waals surface area contributed by atoms with E-state index in [4.69, 9.17) is 9.47 Å². The molecule has 1 aliphatic rings. The maximum atomic E-state index is 5.39. The lowest BCUT2D eigenvalue weighted by atomic mass is 10.3. The fourth-order valence-electron chi connectivity index (χ4n) is 0.976. The van der Waals surface area contributed by atoms with Crippen LogP contribution in [0, 0.1) is 0 Å². The second kappa shape index (κ2) is 4.66. The molecule has 0 aliphatic carbocycles. The van der Waals surface area contributed by atoms with Gasteiger partial charge in [-0.1, -0.05) is 0 Å². The molecule has 0 amide bonds. The topological polar surface area (TPSA) is 30.5 Å².